The Labute approximate surface area is 112 Å². The third-order valence-electron chi connectivity index (χ3n) is 1.74. The molecule has 0 radical (unpaired) electrons. The molecular weight excluding hydrogens is 281 g/mol. The first-order chi connectivity index (χ1) is 8.52. The number of methoxy groups -OCH3 is 2. The van der Waals surface area contributed by atoms with E-state index in [9.17, 15) is 0 Å². The maximum atomic E-state index is 7.37. The Morgan fingerprint density at radius 3 is 2.73 bits per heavy atom. The van der Waals surface area contributed by atoms with E-state index in [0.717, 1.165) is 0 Å². The molecule has 3 nitrogen and oxygen atoms in total. The van der Waals surface area contributed by atoms with E-state index in [0.29, 0.717) is 15.8 Å². The molecule has 0 aromatic heterocycles. The summed E-state index contributed by atoms with van der Waals surface area (Å²) in [5.41, 5.74) is 5.64. The highest BCUT2D eigenvalue weighted by Crippen LogP contribution is 2.32. The van der Waals surface area contributed by atoms with Gasteiger partial charge < -0.3 is 15.2 Å². The molecule has 1 aromatic carbocycles. The third-order valence-corrected chi connectivity index (χ3v) is 2.36. The predicted molar refractivity (Wildman–Crippen MR) is 67.3 cm³/mol. The molecule has 2 N–H and O–H groups in total. The van der Waals surface area contributed by atoms with Crippen LogP contribution in [0.25, 0.3) is 0 Å². The molecule has 0 saturated carbocycles. The van der Waals surface area contributed by atoms with Crippen molar-refractivity contribution in [3.05, 3.63) is 22.2 Å². The predicted octanol–water partition coefficient (Wildman–Crippen LogP) is 2.39. The molecule has 0 amide bonds. The molecule has 0 spiro atoms. The van der Waals surface area contributed by atoms with E-state index < -0.39 is 13.5 Å². The number of hydrogen-bond donors (Lipinski definition) is 1. The summed E-state index contributed by atoms with van der Waals surface area (Å²) in [5, 5.41) is 0. The molecule has 0 aliphatic rings. The summed E-state index contributed by atoms with van der Waals surface area (Å²) < 4.78 is 46.5. The van der Waals surface area contributed by atoms with Crippen LogP contribution in [-0.4, -0.2) is 20.6 Å². The molecule has 0 fully saturated rings. The van der Waals surface area contributed by atoms with E-state index in [1.54, 1.807) is 0 Å². The monoisotopic (exact) mass is 300 g/mol. The highest BCUT2D eigenvalue weighted by atomic mass is 79.9. The molecule has 0 atom stereocenters. The van der Waals surface area contributed by atoms with Gasteiger partial charge in [0.2, 0.25) is 0 Å². The minimum Gasteiger partial charge on any atom is -0.496 e. The number of halogens is 2. The fourth-order valence-electron chi connectivity index (χ4n) is 1.08. The second-order valence-electron chi connectivity index (χ2n) is 2.58. The van der Waals surface area contributed by atoms with Gasteiger partial charge in [-0.3, -0.25) is 0 Å². The SMILES string of the molecule is Cl.[2H]C([2H])(N)Cc1cc(OC)c(Br)cc1OC([2H])([2H])[2H]. The topological polar surface area (TPSA) is 44.5 Å². The maximum Gasteiger partial charge on any atom is 0.133 e. The molecule has 0 saturated heterocycles. The van der Waals surface area contributed by atoms with Gasteiger partial charge in [0.1, 0.15) is 11.5 Å². The minimum absolute atomic E-state index is 0. The smallest absolute Gasteiger partial charge is 0.133 e. The Balaban J connectivity index is 0.00000361. The lowest BCUT2D eigenvalue weighted by atomic mass is 10.1. The quantitative estimate of drug-likeness (QED) is 0.929. The van der Waals surface area contributed by atoms with Crippen molar-refractivity contribution in [1.29, 1.82) is 0 Å². The second-order valence-corrected chi connectivity index (χ2v) is 3.43. The van der Waals surface area contributed by atoms with Crippen molar-refractivity contribution in [2.24, 2.45) is 5.73 Å². The number of benzene rings is 1. The second kappa shape index (κ2) is 6.93. The lowest BCUT2D eigenvalue weighted by Crippen LogP contribution is -2.04. The van der Waals surface area contributed by atoms with Crippen LogP contribution in [0.2, 0.25) is 0 Å². The fourth-order valence-corrected chi connectivity index (χ4v) is 1.56. The zero-order chi connectivity index (χ0) is 14.8. The van der Waals surface area contributed by atoms with Crippen LogP contribution in [0.1, 0.15) is 12.4 Å². The number of ether oxygens (including phenoxy) is 2. The molecule has 15 heavy (non-hydrogen) atoms. The molecule has 5 heteroatoms. The van der Waals surface area contributed by atoms with Crippen molar-refractivity contribution in [2.75, 3.05) is 20.6 Å². The van der Waals surface area contributed by atoms with Crippen molar-refractivity contribution in [3.8, 4) is 11.5 Å². The molecule has 1 rings (SSSR count). The molecule has 0 heterocycles. The summed E-state index contributed by atoms with van der Waals surface area (Å²) in [6.45, 7) is -1.98. The Kier molecular flexibility index (Phi) is 3.59. The van der Waals surface area contributed by atoms with Crippen LogP contribution in [0, 0.1) is 0 Å². The van der Waals surface area contributed by atoms with Gasteiger partial charge in [0.05, 0.1) is 22.7 Å². The lowest BCUT2D eigenvalue weighted by Gasteiger charge is -2.11. The highest BCUT2D eigenvalue weighted by molar-refractivity contribution is 9.10. The van der Waals surface area contributed by atoms with Crippen molar-refractivity contribution in [1.82, 2.24) is 0 Å². The van der Waals surface area contributed by atoms with Gasteiger partial charge in [0.25, 0.3) is 0 Å². The maximum absolute atomic E-state index is 7.37. The highest BCUT2D eigenvalue weighted by Gasteiger charge is 2.08. The summed E-state index contributed by atoms with van der Waals surface area (Å²) in [4.78, 5) is 0. The third kappa shape index (κ3) is 3.55. The molecule has 86 valence electrons. The van der Waals surface area contributed by atoms with Crippen LogP contribution in [0.4, 0.5) is 0 Å². The number of aryl methyl sites for hydroxylation is 1. The average molecular weight is 302 g/mol. The Bertz CT molecular complexity index is 464. The first-order valence-corrected chi connectivity index (χ1v) is 4.65. The van der Waals surface area contributed by atoms with Gasteiger partial charge in [-0.15, -0.1) is 12.4 Å². The number of hydrogen-bond acceptors (Lipinski definition) is 3. The number of nitrogens with two attached hydrogens (primary N) is 1. The van der Waals surface area contributed by atoms with Crippen molar-refractivity contribution in [2.45, 2.75) is 6.42 Å². The first kappa shape index (κ1) is 7.76. The van der Waals surface area contributed by atoms with Crippen molar-refractivity contribution in [3.63, 3.8) is 0 Å². The van der Waals surface area contributed by atoms with Crippen LogP contribution in [0.3, 0.4) is 0 Å². The van der Waals surface area contributed by atoms with Crippen LogP contribution >= 0.6 is 28.3 Å². The van der Waals surface area contributed by atoms with Gasteiger partial charge in [-0.25, -0.2) is 0 Å². The summed E-state index contributed by atoms with van der Waals surface area (Å²) in [6, 6.07) is 2.92. The van der Waals surface area contributed by atoms with Gasteiger partial charge >= 0.3 is 0 Å². The average Bonchev–Trinajstić information content (AvgIpc) is 2.17. The summed E-state index contributed by atoms with van der Waals surface area (Å²) >= 11 is 3.21. The van der Waals surface area contributed by atoms with Crippen LogP contribution < -0.4 is 15.2 Å². The lowest BCUT2D eigenvalue weighted by molar-refractivity contribution is 0.397. The minimum atomic E-state index is -2.62. The van der Waals surface area contributed by atoms with E-state index in [4.69, 9.17) is 22.1 Å². The molecule has 0 aliphatic heterocycles. The Hall–Kier alpha value is -0.450. The number of rotatable bonds is 4. The van der Waals surface area contributed by atoms with Gasteiger partial charge in [0.15, 0.2) is 0 Å². The van der Waals surface area contributed by atoms with E-state index in [2.05, 4.69) is 15.9 Å². The summed E-state index contributed by atoms with van der Waals surface area (Å²) in [7, 11) is -1.17. The zero-order valence-electron chi connectivity index (χ0n) is 13.0. The molecule has 0 unspecified atom stereocenters. The van der Waals surface area contributed by atoms with Gasteiger partial charge in [0, 0.05) is 2.74 Å². The van der Waals surface area contributed by atoms with E-state index >= 15 is 0 Å². The normalized spacial score (nSPS) is 16.1. The largest absolute Gasteiger partial charge is 0.496 e. The molecule has 0 aliphatic carbocycles. The Morgan fingerprint density at radius 2 is 2.20 bits per heavy atom. The van der Waals surface area contributed by atoms with E-state index in [1.807, 2.05) is 0 Å². The van der Waals surface area contributed by atoms with Gasteiger partial charge in [-0.2, -0.15) is 0 Å². The first-order valence-electron chi connectivity index (χ1n) is 6.36. The van der Waals surface area contributed by atoms with E-state index in [-0.39, 0.29) is 24.6 Å². The zero-order valence-corrected chi connectivity index (χ0v) is 10.4. The summed E-state index contributed by atoms with van der Waals surface area (Å²) in [5.74, 6) is 0.485. The molecule has 0 bridgehead atoms. The Morgan fingerprint density at radius 1 is 1.47 bits per heavy atom. The van der Waals surface area contributed by atoms with E-state index in [1.165, 1.54) is 19.2 Å². The fraction of sp³-hybridized carbons (Fsp3) is 0.400. The van der Waals surface area contributed by atoms with Crippen molar-refractivity contribution < 1.29 is 16.3 Å². The van der Waals surface area contributed by atoms with Gasteiger partial charge in [-0.1, -0.05) is 0 Å². The molecule has 1 aromatic rings. The van der Waals surface area contributed by atoms with Crippen LogP contribution in [0.5, 0.6) is 11.5 Å². The molecular formula is C10H15BrClNO2. The van der Waals surface area contributed by atoms with Crippen LogP contribution in [0.15, 0.2) is 16.6 Å². The van der Waals surface area contributed by atoms with Gasteiger partial charge in [-0.05, 0) is 46.5 Å². The summed E-state index contributed by atoms with van der Waals surface area (Å²) in [6.07, 6.45) is -0.192. The standard InChI is InChI=1S/C10H14BrNO2.ClH/c1-13-9-6-8(11)10(14-2)5-7(9)3-4-12;/h5-6H,3-4,12H2,1-2H3;1H/i1D3,4D2;. The van der Waals surface area contributed by atoms with Crippen LogP contribution in [-0.2, 0) is 6.42 Å². The van der Waals surface area contributed by atoms with Crippen molar-refractivity contribution >= 4 is 28.3 Å².